The van der Waals surface area contributed by atoms with Gasteiger partial charge in [-0.2, -0.15) is 0 Å². The number of rotatable bonds is 3. The Balaban J connectivity index is 1.50. The minimum atomic E-state index is -0.914. The predicted molar refractivity (Wildman–Crippen MR) is 105 cm³/mol. The number of likely N-dealkylation sites (tertiary alicyclic amines) is 1. The van der Waals surface area contributed by atoms with Gasteiger partial charge in [-0.15, -0.1) is 0 Å². The molecule has 3 amide bonds. The number of hydrogen-bond acceptors (Lipinski definition) is 3. The lowest BCUT2D eigenvalue weighted by Gasteiger charge is -2.39. The molecule has 5 nitrogen and oxygen atoms in total. The predicted octanol–water partition coefficient (Wildman–Crippen LogP) is 3.49. The summed E-state index contributed by atoms with van der Waals surface area (Å²) in [6, 6.07) is -0.914. The first kappa shape index (κ1) is 18.8. The first-order valence-electron chi connectivity index (χ1n) is 10.9. The minimum absolute atomic E-state index is 0.0953. The lowest BCUT2D eigenvalue weighted by molar-refractivity contribution is -0.142. The minimum Gasteiger partial charge on any atom is -0.316 e. The highest BCUT2D eigenvalue weighted by Gasteiger charge is 2.52. The Bertz CT molecular complexity index is 847. The fraction of sp³-hybridized carbons (Fsp3) is 0.609. The van der Waals surface area contributed by atoms with E-state index in [4.69, 9.17) is 0 Å². The largest absolute Gasteiger partial charge is 0.316 e. The average Bonchev–Trinajstić information content (AvgIpc) is 2.91. The van der Waals surface area contributed by atoms with E-state index in [0.717, 1.165) is 30.5 Å². The zero-order valence-electron chi connectivity index (χ0n) is 16.8. The summed E-state index contributed by atoms with van der Waals surface area (Å²) in [5.41, 5.74) is 1.76. The molecule has 6 heteroatoms. The summed E-state index contributed by atoms with van der Waals surface area (Å²) in [5.74, 6) is -1.05. The molecule has 0 aromatic rings. The Kier molecular flexibility index (Phi) is 4.48. The van der Waals surface area contributed by atoms with E-state index in [0.29, 0.717) is 31.7 Å². The van der Waals surface area contributed by atoms with Gasteiger partial charge < -0.3 is 4.90 Å². The van der Waals surface area contributed by atoms with Crippen LogP contribution < -0.4 is 0 Å². The lowest BCUT2D eigenvalue weighted by atomic mass is 9.67. The number of hydrogen-bond donors (Lipinski definition) is 0. The third-order valence-corrected chi connectivity index (χ3v) is 7.51. The zero-order chi connectivity index (χ0) is 20.3. The van der Waals surface area contributed by atoms with Crippen molar-refractivity contribution >= 4 is 17.7 Å². The molecule has 5 aliphatic rings. The van der Waals surface area contributed by atoms with Crippen molar-refractivity contribution in [2.45, 2.75) is 57.9 Å². The summed E-state index contributed by atoms with van der Waals surface area (Å²) < 4.78 is 15.3. The number of amides is 3. The highest BCUT2D eigenvalue weighted by molar-refractivity contribution is 6.06. The molecule has 2 heterocycles. The molecule has 29 heavy (non-hydrogen) atoms. The molecule has 3 aliphatic carbocycles. The van der Waals surface area contributed by atoms with E-state index < -0.39 is 11.9 Å². The van der Waals surface area contributed by atoms with E-state index >= 15 is 4.39 Å². The van der Waals surface area contributed by atoms with Crippen molar-refractivity contribution in [1.82, 2.24) is 9.80 Å². The monoisotopic (exact) mass is 398 g/mol. The summed E-state index contributed by atoms with van der Waals surface area (Å²) in [4.78, 5) is 41.9. The molecule has 2 aliphatic heterocycles. The van der Waals surface area contributed by atoms with Gasteiger partial charge in [0.25, 0.3) is 0 Å². The van der Waals surface area contributed by atoms with Gasteiger partial charge in [-0.3, -0.25) is 19.3 Å². The van der Waals surface area contributed by atoms with Crippen LogP contribution in [0.4, 0.5) is 4.39 Å². The molecule has 5 rings (SSSR count). The van der Waals surface area contributed by atoms with Crippen LogP contribution in [0.2, 0.25) is 0 Å². The Morgan fingerprint density at radius 1 is 1.00 bits per heavy atom. The summed E-state index contributed by atoms with van der Waals surface area (Å²) in [7, 11) is 0. The van der Waals surface area contributed by atoms with Crippen LogP contribution in [-0.4, -0.2) is 40.1 Å². The quantitative estimate of drug-likeness (QED) is 0.540. The van der Waals surface area contributed by atoms with Gasteiger partial charge in [0.1, 0.15) is 5.83 Å². The average molecular weight is 398 g/mol. The van der Waals surface area contributed by atoms with Crippen molar-refractivity contribution in [3.8, 4) is 0 Å². The second-order valence-corrected chi connectivity index (χ2v) is 9.05. The summed E-state index contributed by atoms with van der Waals surface area (Å²) in [6.07, 6.45) is 10.0. The third kappa shape index (κ3) is 2.75. The first-order chi connectivity index (χ1) is 14.0. The molecule has 0 spiro atoms. The molecule has 5 atom stereocenters. The third-order valence-electron chi connectivity index (χ3n) is 7.51. The number of fused-ring (bicyclic) bond motifs is 3. The highest BCUT2D eigenvalue weighted by atomic mass is 19.1. The number of halogens is 1. The van der Waals surface area contributed by atoms with Crippen molar-refractivity contribution < 1.29 is 18.8 Å². The Hall–Kier alpha value is -2.24. The molecule has 1 saturated heterocycles. The molecule has 0 aromatic carbocycles. The van der Waals surface area contributed by atoms with Crippen molar-refractivity contribution in [2.24, 2.45) is 23.7 Å². The van der Waals surface area contributed by atoms with Gasteiger partial charge >= 0.3 is 0 Å². The second-order valence-electron chi connectivity index (χ2n) is 9.05. The van der Waals surface area contributed by atoms with E-state index in [2.05, 4.69) is 0 Å². The van der Waals surface area contributed by atoms with Crippen LogP contribution in [-0.2, 0) is 14.4 Å². The van der Waals surface area contributed by atoms with Gasteiger partial charge in [-0.1, -0.05) is 19.1 Å². The number of carbonyl (C=O) groups excluding carboxylic acids is 3. The number of nitrogens with zero attached hydrogens (tertiary/aromatic N) is 2. The van der Waals surface area contributed by atoms with Crippen molar-refractivity contribution in [3.63, 3.8) is 0 Å². The smallest absolute Gasteiger partial charge is 0.234 e. The molecule has 154 valence electrons. The van der Waals surface area contributed by atoms with Crippen molar-refractivity contribution in [2.75, 3.05) is 6.54 Å². The maximum Gasteiger partial charge on any atom is 0.234 e. The summed E-state index contributed by atoms with van der Waals surface area (Å²) in [5, 5.41) is 0. The molecule has 0 aromatic heterocycles. The summed E-state index contributed by atoms with van der Waals surface area (Å²) in [6.45, 7) is 2.62. The lowest BCUT2D eigenvalue weighted by Crippen LogP contribution is -2.44. The maximum atomic E-state index is 15.3. The van der Waals surface area contributed by atoms with Crippen molar-refractivity contribution in [3.05, 3.63) is 35.3 Å². The number of carbonyl (C=O) groups is 3. The van der Waals surface area contributed by atoms with Gasteiger partial charge in [-0.25, -0.2) is 4.39 Å². The topological polar surface area (TPSA) is 57.7 Å². The molecular weight excluding hydrogens is 371 g/mol. The number of imide groups is 1. The fourth-order valence-electron chi connectivity index (χ4n) is 5.85. The van der Waals surface area contributed by atoms with E-state index in [-0.39, 0.29) is 41.9 Å². The summed E-state index contributed by atoms with van der Waals surface area (Å²) >= 11 is 0. The van der Waals surface area contributed by atoms with Gasteiger partial charge in [0.15, 0.2) is 0 Å². The van der Waals surface area contributed by atoms with Gasteiger partial charge in [0.05, 0.1) is 17.9 Å². The van der Waals surface area contributed by atoms with Gasteiger partial charge in [0, 0.05) is 25.1 Å². The standard InChI is InChI=1S/C23H27FN2O3/c1-2-9-25-19-12-20(26-22(28)15-5-3-4-6-16(15)23(26)29)18(24)11-17(19)14-8-7-13(14)10-21(25)27/h3-4,11,13-16,20H,2,5-10,12H2,1H3. The van der Waals surface area contributed by atoms with Crippen LogP contribution >= 0.6 is 0 Å². The highest BCUT2D eigenvalue weighted by Crippen LogP contribution is 2.50. The molecule has 0 N–H and O–H groups in total. The van der Waals surface area contributed by atoms with E-state index in [1.807, 2.05) is 24.0 Å². The normalized spacial score (nSPS) is 36.4. The van der Waals surface area contributed by atoms with Gasteiger partial charge in [-0.05, 0) is 55.6 Å². The number of allylic oxidation sites excluding steroid dienone is 4. The van der Waals surface area contributed by atoms with Crippen LogP contribution in [0.25, 0.3) is 0 Å². The molecule has 2 fully saturated rings. The fourth-order valence-corrected chi connectivity index (χ4v) is 5.85. The van der Waals surface area contributed by atoms with Gasteiger partial charge in [0.2, 0.25) is 17.7 Å². The van der Waals surface area contributed by atoms with E-state index in [9.17, 15) is 14.4 Å². The van der Waals surface area contributed by atoms with Crippen LogP contribution in [0, 0.1) is 23.7 Å². The molecule has 0 bridgehead atoms. The van der Waals surface area contributed by atoms with Crippen LogP contribution in [0.5, 0.6) is 0 Å². The molecular formula is C23H27FN2O3. The van der Waals surface area contributed by atoms with Crippen LogP contribution in [0.15, 0.2) is 35.3 Å². The van der Waals surface area contributed by atoms with Crippen LogP contribution in [0.3, 0.4) is 0 Å². The van der Waals surface area contributed by atoms with E-state index in [1.165, 1.54) is 4.90 Å². The maximum absolute atomic E-state index is 15.3. The SMILES string of the molecule is CCCN1C(=O)CC2CCC2C2=C1CC(N1C(=O)C3CC=CCC3C1=O)C(F)=C2. The molecule has 0 radical (unpaired) electrons. The Morgan fingerprint density at radius 3 is 2.28 bits per heavy atom. The molecule has 1 saturated carbocycles. The zero-order valence-corrected chi connectivity index (χ0v) is 16.8. The Morgan fingerprint density at radius 2 is 1.69 bits per heavy atom. The Labute approximate surface area is 170 Å². The molecule has 5 unspecified atom stereocenters. The van der Waals surface area contributed by atoms with Crippen molar-refractivity contribution in [1.29, 1.82) is 0 Å². The van der Waals surface area contributed by atoms with E-state index in [1.54, 1.807) is 6.08 Å². The first-order valence-corrected chi connectivity index (χ1v) is 10.9. The second kappa shape index (κ2) is 6.92. The van der Waals surface area contributed by atoms with Crippen LogP contribution in [0.1, 0.15) is 51.9 Å².